The normalized spacial score (nSPS) is 28.5. The highest BCUT2D eigenvalue weighted by Crippen LogP contribution is 2.10. The molecule has 1 aliphatic rings. The predicted octanol–water partition coefficient (Wildman–Crippen LogP) is -0.810. The van der Waals surface area contributed by atoms with E-state index < -0.39 is 15.8 Å². The van der Waals surface area contributed by atoms with Crippen molar-refractivity contribution < 1.29 is 18.3 Å². The van der Waals surface area contributed by atoms with Crippen molar-refractivity contribution in [2.45, 2.75) is 13.0 Å². The van der Waals surface area contributed by atoms with Gasteiger partial charge in [0.05, 0.1) is 18.1 Å². The van der Waals surface area contributed by atoms with Crippen LogP contribution < -0.4 is 0 Å². The Morgan fingerprint density at radius 3 is 2.69 bits per heavy atom. The molecular formula is C7H13NO4S. The monoisotopic (exact) mass is 207 g/mol. The van der Waals surface area contributed by atoms with Crippen LogP contribution in [0.1, 0.15) is 6.92 Å². The van der Waals surface area contributed by atoms with E-state index in [1.54, 1.807) is 11.8 Å². The lowest BCUT2D eigenvalue weighted by atomic mass is 10.3. The van der Waals surface area contributed by atoms with Gasteiger partial charge in [-0.25, -0.2) is 8.42 Å². The van der Waals surface area contributed by atoms with Crippen LogP contribution >= 0.6 is 0 Å². The second-order valence-electron chi connectivity index (χ2n) is 3.33. The van der Waals surface area contributed by atoms with Crippen molar-refractivity contribution in [2.75, 3.05) is 24.6 Å². The number of hydrogen-bond acceptors (Lipinski definition) is 4. The summed E-state index contributed by atoms with van der Waals surface area (Å²) in [6.45, 7) is 1.99. The quantitative estimate of drug-likeness (QED) is 0.641. The zero-order chi connectivity index (χ0) is 10.1. The lowest BCUT2D eigenvalue weighted by molar-refractivity contribution is -0.138. The zero-order valence-electron chi connectivity index (χ0n) is 7.43. The van der Waals surface area contributed by atoms with Crippen LogP contribution in [0.5, 0.6) is 0 Å². The summed E-state index contributed by atoms with van der Waals surface area (Å²) in [4.78, 5) is 12.1. The number of carboxylic acid groups (broad SMARTS) is 1. The first-order chi connectivity index (χ1) is 5.91. The molecule has 1 heterocycles. The Hall–Kier alpha value is -0.620. The van der Waals surface area contributed by atoms with E-state index in [1.807, 2.05) is 0 Å². The highest BCUT2D eigenvalue weighted by molar-refractivity contribution is 7.91. The Morgan fingerprint density at radius 2 is 2.23 bits per heavy atom. The van der Waals surface area contributed by atoms with Gasteiger partial charge in [0, 0.05) is 12.6 Å². The van der Waals surface area contributed by atoms with Crippen LogP contribution in [0, 0.1) is 0 Å². The maximum atomic E-state index is 11.1. The molecule has 76 valence electrons. The van der Waals surface area contributed by atoms with Crippen molar-refractivity contribution >= 4 is 15.8 Å². The smallest absolute Gasteiger partial charge is 0.317 e. The third kappa shape index (κ3) is 2.96. The van der Waals surface area contributed by atoms with Crippen molar-refractivity contribution in [2.24, 2.45) is 0 Å². The average molecular weight is 207 g/mol. The van der Waals surface area contributed by atoms with E-state index in [2.05, 4.69) is 0 Å². The summed E-state index contributed by atoms with van der Waals surface area (Å²) in [5.74, 6) is -0.767. The molecule has 0 saturated carbocycles. The van der Waals surface area contributed by atoms with Crippen LogP contribution in [0.3, 0.4) is 0 Å². The fourth-order valence-corrected chi connectivity index (χ4v) is 3.07. The topological polar surface area (TPSA) is 74.7 Å². The number of nitrogens with zero attached hydrogens (tertiary/aromatic N) is 1. The van der Waals surface area contributed by atoms with Crippen LogP contribution in [0.25, 0.3) is 0 Å². The van der Waals surface area contributed by atoms with Crippen LogP contribution in [0.15, 0.2) is 0 Å². The van der Waals surface area contributed by atoms with Gasteiger partial charge in [-0.2, -0.15) is 0 Å². The summed E-state index contributed by atoms with van der Waals surface area (Å²) in [5.41, 5.74) is 0. The Kier molecular flexibility index (Phi) is 2.92. The lowest BCUT2D eigenvalue weighted by Gasteiger charge is -2.31. The fourth-order valence-electron chi connectivity index (χ4n) is 1.44. The first-order valence-electron chi connectivity index (χ1n) is 4.07. The molecule has 0 aromatic rings. The van der Waals surface area contributed by atoms with Crippen molar-refractivity contribution in [3.63, 3.8) is 0 Å². The van der Waals surface area contributed by atoms with E-state index in [0.717, 1.165) is 0 Å². The van der Waals surface area contributed by atoms with Gasteiger partial charge < -0.3 is 5.11 Å². The minimum absolute atomic E-state index is 0.0697. The third-order valence-corrected chi connectivity index (χ3v) is 3.94. The molecule has 13 heavy (non-hydrogen) atoms. The van der Waals surface area contributed by atoms with Crippen LogP contribution in [0.2, 0.25) is 0 Å². The summed E-state index contributed by atoms with van der Waals surface area (Å²) < 4.78 is 22.2. The van der Waals surface area contributed by atoms with E-state index >= 15 is 0 Å². The molecule has 1 unspecified atom stereocenters. The number of aliphatic carboxylic acids is 1. The largest absolute Gasteiger partial charge is 0.480 e. The molecule has 0 spiro atoms. The van der Waals surface area contributed by atoms with Gasteiger partial charge in [-0.05, 0) is 6.92 Å². The van der Waals surface area contributed by atoms with Crippen molar-refractivity contribution in [3.05, 3.63) is 0 Å². The minimum Gasteiger partial charge on any atom is -0.480 e. The zero-order valence-corrected chi connectivity index (χ0v) is 8.25. The SMILES string of the molecule is CC1CS(=O)(=O)CCN1CC(=O)O. The molecule has 0 amide bonds. The van der Waals surface area contributed by atoms with Gasteiger partial charge in [0.1, 0.15) is 0 Å². The van der Waals surface area contributed by atoms with E-state index in [4.69, 9.17) is 5.11 Å². The van der Waals surface area contributed by atoms with Crippen LogP contribution in [-0.2, 0) is 14.6 Å². The number of sulfone groups is 1. The second kappa shape index (κ2) is 3.63. The molecule has 1 saturated heterocycles. The molecular weight excluding hydrogens is 194 g/mol. The number of carbonyl (C=O) groups is 1. The average Bonchev–Trinajstić information content (AvgIpc) is 1.93. The molecule has 1 aliphatic heterocycles. The molecule has 0 aromatic heterocycles. The van der Waals surface area contributed by atoms with E-state index in [-0.39, 0.29) is 24.1 Å². The molecule has 0 radical (unpaired) electrons. The Morgan fingerprint density at radius 1 is 1.62 bits per heavy atom. The van der Waals surface area contributed by atoms with Crippen LogP contribution in [0.4, 0.5) is 0 Å². The maximum Gasteiger partial charge on any atom is 0.317 e. The van der Waals surface area contributed by atoms with Gasteiger partial charge in [-0.1, -0.05) is 0 Å². The van der Waals surface area contributed by atoms with Gasteiger partial charge in [0.2, 0.25) is 0 Å². The molecule has 6 heteroatoms. The molecule has 1 fully saturated rings. The first kappa shape index (κ1) is 10.5. The highest BCUT2D eigenvalue weighted by atomic mass is 32.2. The van der Waals surface area contributed by atoms with Crippen molar-refractivity contribution in [1.29, 1.82) is 0 Å². The summed E-state index contributed by atoms with van der Waals surface area (Å²) in [5, 5.41) is 8.52. The van der Waals surface area contributed by atoms with Gasteiger partial charge >= 0.3 is 5.97 Å². The molecule has 1 N–H and O–H groups in total. The fraction of sp³-hybridized carbons (Fsp3) is 0.857. The first-order valence-corrected chi connectivity index (χ1v) is 5.89. The van der Waals surface area contributed by atoms with Gasteiger partial charge in [-0.3, -0.25) is 9.69 Å². The number of hydrogen-bond donors (Lipinski definition) is 1. The molecule has 5 nitrogen and oxygen atoms in total. The number of rotatable bonds is 2. The molecule has 0 bridgehead atoms. The van der Waals surface area contributed by atoms with Gasteiger partial charge in [0.25, 0.3) is 0 Å². The summed E-state index contributed by atoms with van der Waals surface area (Å²) in [6, 6.07) is -0.185. The minimum atomic E-state index is -2.94. The summed E-state index contributed by atoms with van der Waals surface area (Å²) >= 11 is 0. The highest BCUT2D eigenvalue weighted by Gasteiger charge is 2.28. The second-order valence-corrected chi connectivity index (χ2v) is 5.56. The van der Waals surface area contributed by atoms with E-state index in [0.29, 0.717) is 6.54 Å². The van der Waals surface area contributed by atoms with Crippen LogP contribution in [-0.4, -0.2) is 55.0 Å². The van der Waals surface area contributed by atoms with E-state index in [9.17, 15) is 13.2 Å². The summed E-state index contributed by atoms with van der Waals surface area (Å²) in [6.07, 6.45) is 0. The Bertz CT molecular complexity index is 298. The van der Waals surface area contributed by atoms with Gasteiger partial charge in [0.15, 0.2) is 9.84 Å². The Balaban J connectivity index is 2.59. The lowest BCUT2D eigenvalue weighted by Crippen LogP contribution is -2.48. The predicted molar refractivity (Wildman–Crippen MR) is 47.3 cm³/mol. The van der Waals surface area contributed by atoms with E-state index in [1.165, 1.54) is 0 Å². The molecule has 0 aliphatic carbocycles. The maximum absolute atomic E-state index is 11.1. The number of carboxylic acids is 1. The van der Waals surface area contributed by atoms with Crippen molar-refractivity contribution in [1.82, 2.24) is 4.90 Å². The summed E-state index contributed by atoms with van der Waals surface area (Å²) in [7, 11) is -2.94. The van der Waals surface area contributed by atoms with Crippen molar-refractivity contribution in [3.8, 4) is 0 Å². The standard InChI is InChI=1S/C7H13NO4S/c1-6-5-13(11,12)3-2-8(6)4-7(9)10/h6H,2-5H2,1H3,(H,9,10). The molecule has 0 aromatic carbocycles. The molecule has 1 rings (SSSR count). The Labute approximate surface area is 77.3 Å². The van der Waals surface area contributed by atoms with Gasteiger partial charge in [-0.15, -0.1) is 0 Å². The third-order valence-electron chi connectivity index (χ3n) is 2.15. The molecule has 1 atom stereocenters.